The van der Waals surface area contributed by atoms with Crippen LogP contribution in [0.2, 0.25) is 0 Å². The van der Waals surface area contributed by atoms with Crippen molar-refractivity contribution < 1.29 is 23.8 Å². The molecule has 0 unspecified atom stereocenters. The molecule has 116 valence electrons. The predicted octanol–water partition coefficient (Wildman–Crippen LogP) is 1.97. The summed E-state index contributed by atoms with van der Waals surface area (Å²) in [5.41, 5.74) is -0.467. The highest BCUT2D eigenvalue weighted by Crippen LogP contribution is 2.17. The molecule has 6 heteroatoms. The van der Waals surface area contributed by atoms with Crippen LogP contribution in [0.3, 0.4) is 0 Å². The molecule has 1 rings (SSSR count). The molecule has 0 bridgehead atoms. The lowest BCUT2D eigenvalue weighted by atomic mass is 10.1. The Labute approximate surface area is 120 Å². The van der Waals surface area contributed by atoms with Crippen LogP contribution in [-0.4, -0.2) is 55.5 Å². The monoisotopic (exact) mass is 287 g/mol. The molecular weight excluding hydrogens is 262 g/mol. The van der Waals surface area contributed by atoms with Crippen molar-refractivity contribution in [1.82, 2.24) is 4.90 Å². The van der Waals surface area contributed by atoms with Crippen molar-refractivity contribution in [2.75, 3.05) is 26.8 Å². The van der Waals surface area contributed by atoms with E-state index in [1.54, 1.807) is 4.90 Å². The molecule has 1 saturated heterocycles. The van der Waals surface area contributed by atoms with Crippen LogP contribution in [0, 0.1) is 0 Å². The van der Waals surface area contributed by atoms with Crippen molar-refractivity contribution in [2.24, 2.45) is 0 Å². The molecule has 1 amide bonds. The molecule has 0 saturated carbocycles. The minimum atomic E-state index is -0.467. The van der Waals surface area contributed by atoms with E-state index >= 15 is 0 Å². The van der Waals surface area contributed by atoms with Crippen LogP contribution in [0.4, 0.5) is 4.79 Å². The van der Waals surface area contributed by atoms with Crippen molar-refractivity contribution in [1.29, 1.82) is 0 Å². The SMILES string of the molecule is COC(=O)CCOC1CCN(C(=O)OC(C)(C)C)CC1. The van der Waals surface area contributed by atoms with E-state index in [9.17, 15) is 9.59 Å². The molecule has 0 radical (unpaired) electrons. The minimum Gasteiger partial charge on any atom is -0.469 e. The third-order valence-corrected chi connectivity index (χ3v) is 2.98. The van der Waals surface area contributed by atoms with Crippen LogP contribution in [0.25, 0.3) is 0 Å². The van der Waals surface area contributed by atoms with E-state index in [2.05, 4.69) is 4.74 Å². The minimum absolute atomic E-state index is 0.0957. The number of piperidine rings is 1. The first-order chi connectivity index (χ1) is 9.31. The van der Waals surface area contributed by atoms with Crippen molar-refractivity contribution in [3.05, 3.63) is 0 Å². The Bertz CT molecular complexity index is 329. The fraction of sp³-hybridized carbons (Fsp3) is 0.857. The molecule has 20 heavy (non-hydrogen) atoms. The van der Waals surface area contributed by atoms with Crippen LogP contribution in [0.1, 0.15) is 40.0 Å². The quantitative estimate of drug-likeness (QED) is 0.740. The van der Waals surface area contributed by atoms with Crippen LogP contribution in [0.5, 0.6) is 0 Å². The Morgan fingerprint density at radius 2 is 1.80 bits per heavy atom. The van der Waals surface area contributed by atoms with E-state index in [0.717, 1.165) is 12.8 Å². The van der Waals surface area contributed by atoms with E-state index < -0.39 is 5.60 Å². The van der Waals surface area contributed by atoms with Crippen LogP contribution >= 0.6 is 0 Å². The normalized spacial score (nSPS) is 16.9. The number of carbonyl (C=O) groups excluding carboxylic acids is 2. The summed E-state index contributed by atoms with van der Waals surface area (Å²) in [7, 11) is 1.36. The summed E-state index contributed by atoms with van der Waals surface area (Å²) >= 11 is 0. The first kappa shape index (κ1) is 16.8. The number of likely N-dealkylation sites (tertiary alicyclic amines) is 1. The molecule has 0 aliphatic carbocycles. The van der Waals surface area contributed by atoms with E-state index in [-0.39, 0.29) is 24.6 Å². The van der Waals surface area contributed by atoms with Crippen molar-refractivity contribution >= 4 is 12.1 Å². The molecule has 0 aromatic rings. The van der Waals surface area contributed by atoms with Crippen LogP contribution in [-0.2, 0) is 19.0 Å². The van der Waals surface area contributed by atoms with Gasteiger partial charge in [-0.05, 0) is 33.6 Å². The second kappa shape index (κ2) is 7.47. The molecule has 1 fully saturated rings. The fourth-order valence-electron chi connectivity index (χ4n) is 1.94. The van der Waals surface area contributed by atoms with E-state index in [0.29, 0.717) is 19.7 Å². The summed E-state index contributed by atoms with van der Waals surface area (Å²) in [5.74, 6) is -0.267. The van der Waals surface area contributed by atoms with Gasteiger partial charge < -0.3 is 19.1 Å². The topological polar surface area (TPSA) is 65.1 Å². The Morgan fingerprint density at radius 3 is 2.30 bits per heavy atom. The largest absolute Gasteiger partial charge is 0.469 e. The zero-order valence-corrected chi connectivity index (χ0v) is 12.8. The fourth-order valence-corrected chi connectivity index (χ4v) is 1.94. The summed E-state index contributed by atoms with van der Waals surface area (Å²) in [6, 6.07) is 0. The van der Waals surface area contributed by atoms with Crippen molar-refractivity contribution in [3.63, 3.8) is 0 Å². The van der Waals surface area contributed by atoms with Crippen molar-refractivity contribution in [2.45, 2.75) is 51.7 Å². The molecule has 0 aromatic carbocycles. The van der Waals surface area contributed by atoms with Gasteiger partial charge in [-0.2, -0.15) is 0 Å². The number of esters is 1. The van der Waals surface area contributed by atoms with Gasteiger partial charge in [-0.15, -0.1) is 0 Å². The number of nitrogens with zero attached hydrogens (tertiary/aromatic N) is 1. The Morgan fingerprint density at radius 1 is 1.20 bits per heavy atom. The third kappa shape index (κ3) is 6.23. The number of amides is 1. The van der Waals surface area contributed by atoms with Gasteiger partial charge in [-0.1, -0.05) is 0 Å². The first-order valence-electron chi connectivity index (χ1n) is 6.98. The van der Waals surface area contributed by atoms with Gasteiger partial charge in [0.1, 0.15) is 5.60 Å². The van der Waals surface area contributed by atoms with Gasteiger partial charge >= 0.3 is 12.1 Å². The second-order valence-corrected chi connectivity index (χ2v) is 5.86. The average Bonchev–Trinajstić information content (AvgIpc) is 2.37. The van der Waals surface area contributed by atoms with Gasteiger partial charge in [0.25, 0.3) is 0 Å². The smallest absolute Gasteiger partial charge is 0.410 e. The molecule has 0 N–H and O–H groups in total. The summed E-state index contributed by atoms with van der Waals surface area (Å²) in [5, 5.41) is 0. The standard InChI is InChI=1S/C14H25NO5/c1-14(2,3)20-13(17)15-8-5-11(6-9-15)19-10-7-12(16)18-4/h11H,5-10H2,1-4H3. The maximum Gasteiger partial charge on any atom is 0.410 e. The van der Waals surface area contributed by atoms with E-state index in [4.69, 9.17) is 9.47 Å². The summed E-state index contributed by atoms with van der Waals surface area (Å²) in [6.45, 7) is 7.17. The lowest BCUT2D eigenvalue weighted by Crippen LogP contribution is -2.43. The molecule has 6 nitrogen and oxygen atoms in total. The second-order valence-electron chi connectivity index (χ2n) is 5.86. The molecule has 0 atom stereocenters. The average molecular weight is 287 g/mol. The highest BCUT2D eigenvalue weighted by molar-refractivity contribution is 5.69. The molecule has 1 aliphatic heterocycles. The van der Waals surface area contributed by atoms with Crippen LogP contribution < -0.4 is 0 Å². The van der Waals surface area contributed by atoms with E-state index in [1.807, 2.05) is 20.8 Å². The van der Waals surface area contributed by atoms with Gasteiger partial charge in [0.05, 0.1) is 26.2 Å². The molecule has 1 heterocycles. The highest BCUT2D eigenvalue weighted by atomic mass is 16.6. The summed E-state index contributed by atoms with van der Waals surface area (Å²) in [4.78, 5) is 24.5. The van der Waals surface area contributed by atoms with E-state index in [1.165, 1.54) is 7.11 Å². The lowest BCUT2D eigenvalue weighted by Gasteiger charge is -2.33. The molecular formula is C14H25NO5. The van der Waals surface area contributed by atoms with Gasteiger partial charge in [0.15, 0.2) is 0 Å². The maximum absolute atomic E-state index is 11.9. The Kier molecular flexibility index (Phi) is 6.26. The third-order valence-electron chi connectivity index (χ3n) is 2.98. The number of rotatable bonds is 4. The Balaban J connectivity index is 2.23. The molecule has 0 spiro atoms. The first-order valence-corrected chi connectivity index (χ1v) is 6.98. The predicted molar refractivity (Wildman–Crippen MR) is 73.4 cm³/mol. The molecule has 1 aliphatic rings. The number of carbonyl (C=O) groups is 2. The number of hydrogen-bond donors (Lipinski definition) is 0. The lowest BCUT2D eigenvalue weighted by molar-refractivity contribution is -0.142. The zero-order chi connectivity index (χ0) is 15.2. The summed E-state index contributed by atoms with van der Waals surface area (Å²) in [6.07, 6.45) is 1.62. The van der Waals surface area contributed by atoms with Gasteiger partial charge in [0, 0.05) is 13.1 Å². The summed E-state index contributed by atoms with van der Waals surface area (Å²) < 4.78 is 15.5. The van der Waals surface area contributed by atoms with Gasteiger partial charge in [-0.25, -0.2) is 4.79 Å². The van der Waals surface area contributed by atoms with Crippen molar-refractivity contribution in [3.8, 4) is 0 Å². The van der Waals surface area contributed by atoms with Crippen LogP contribution in [0.15, 0.2) is 0 Å². The van der Waals surface area contributed by atoms with Gasteiger partial charge in [0.2, 0.25) is 0 Å². The maximum atomic E-state index is 11.9. The zero-order valence-electron chi connectivity index (χ0n) is 12.8. The number of ether oxygens (including phenoxy) is 3. The van der Waals surface area contributed by atoms with Gasteiger partial charge in [-0.3, -0.25) is 4.79 Å². The Hall–Kier alpha value is -1.30. The number of methoxy groups -OCH3 is 1. The number of hydrogen-bond acceptors (Lipinski definition) is 5. The molecule has 0 aromatic heterocycles. The highest BCUT2D eigenvalue weighted by Gasteiger charge is 2.27.